The van der Waals surface area contributed by atoms with Crippen molar-refractivity contribution < 1.29 is 9.18 Å². The Balaban J connectivity index is 0.000000640. The molecule has 0 spiro atoms. The molecular weight excluding hydrogens is 463 g/mol. The van der Waals surface area contributed by atoms with E-state index in [4.69, 9.17) is 11.6 Å². The molecule has 3 saturated carbocycles. The van der Waals surface area contributed by atoms with Crippen molar-refractivity contribution in [2.24, 2.45) is 22.9 Å². The molecule has 6 rings (SSSR count). The zero-order chi connectivity index (χ0) is 25.8. The third kappa shape index (κ3) is 5.40. The van der Waals surface area contributed by atoms with Crippen LogP contribution < -0.4 is 11.6 Å². The minimum absolute atomic E-state index is 0.182. The van der Waals surface area contributed by atoms with E-state index in [1.54, 1.807) is 17.1 Å². The summed E-state index contributed by atoms with van der Waals surface area (Å²) < 4.78 is 13.4. The Morgan fingerprint density at radius 1 is 1.05 bits per heavy atom. The van der Waals surface area contributed by atoms with Crippen LogP contribution in [0.2, 0.25) is 0 Å². The van der Waals surface area contributed by atoms with Crippen LogP contribution in [-0.4, -0.2) is 15.8 Å². The number of benzene rings is 1. The monoisotopic (exact) mass is 500 g/mol. The van der Waals surface area contributed by atoms with E-state index in [1.807, 2.05) is 24.5 Å². The topological polar surface area (TPSA) is 85.2 Å². The number of hydrogen-bond donors (Lipinski definition) is 2. The highest BCUT2D eigenvalue weighted by Crippen LogP contribution is 2.55. The van der Waals surface area contributed by atoms with E-state index in [-0.39, 0.29) is 17.2 Å². The number of pyridine rings is 1. The standard InChI is InChI=1S/C27H29FN4O.C4H8/c28-21-9-7-18(8-10-21)26(29)25-14-19-4-3-5-20-15-23(33)11-12-27(20,24(19)17-32(25)30)16-22-6-1-2-13-31-22;1-2-4-3-1/h1-2,6-10,13-14,17,20H,3-5,11-12,15-16,29-30H2;1-4H2/b26-25-;. The van der Waals surface area contributed by atoms with Crippen LogP contribution in [0.15, 0.2) is 77.8 Å². The molecule has 1 aliphatic heterocycles. The van der Waals surface area contributed by atoms with E-state index >= 15 is 0 Å². The molecule has 1 aromatic heterocycles. The summed E-state index contributed by atoms with van der Waals surface area (Å²) in [4.78, 5) is 17.1. The van der Waals surface area contributed by atoms with Crippen LogP contribution in [0.1, 0.15) is 75.5 Å². The predicted molar refractivity (Wildman–Crippen MR) is 145 cm³/mol. The number of carbonyl (C=O) groups excluding carboxylic acids is 1. The first kappa shape index (κ1) is 25.4. The van der Waals surface area contributed by atoms with E-state index < -0.39 is 0 Å². The van der Waals surface area contributed by atoms with Crippen molar-refractivity contribution in [3.8, 4) is 0 Å². The van der Waals surface area contributed by atoms with Gasteiger partial charge in [-0.1, -0.05) is 31.7 Å². The third-order valence-electron chi connectivity index (χ3n) is 8.50. The SMILES string of the molecule is C1CCC1.N/C(=C1/C=C2CCCC3CC(=O)CCC3(Cc3ccccn3)C2=CN1N)c1ccc(F)cc1. The van der Waals surface area contributed by atoms with Crippen LogP contribution in [0, 0.1) is 17.2 Å². The number of nitrogens with zero attached hydrogens (tertiary/aromatic N) is 2. The first-order valence-electron chi connectivity index (χ1n) is 13.6. The van der Waals surface area contributed by atoms with Crippen molar-refractivity contribution in [2.75, 3.05) is 0 Å². The Bertz CT molecular complexity index is 1210. The zero-order valence-corrected chi connectivity index (χ0v) is 21.5. The molecule has 3 aliphatic carbocycles. The lowest BCUT2D eigenvalue weighted by molar-refractivity contribution is -0.124. The van der Waals surface area contributed by atoms with Crippen molar-refractivity contribution in [3.05, 3.63) is 94.9 Å². The molecule has 2 atom stereocenters. The van der Waals surface area contributed by atoms with Crippen molar-refractivity contribution >= 4 is 11.5 Å². The zero-order valence-electron chi connectivity index (χ0n) is 21.5. The molecule has 0 saturated heterocycles. The number of halogens is 1. The average molecular weight is 501 g/mol. The quantitative estimate of drug-likeness (QED) is 0.491. The number of aromatic nitrogens is 1. The molecule has 0 bridgehead atoms. The van der Waals surface area contributed by atoms with Crippen molar-refractivity contribution in [1.29, 1.82) is 0 Å². The lowest BCUT2D eigenvalue weighted by Gasteiger charge is -2.46. The second-order valence-corrected chi connectivity index (χ2v) is 10.8. The molecule has 2 aromatic rings. The summed E-state index contributed by atoms with van der Waals surface area (Å²) in [6, 6.07) is 12.2. The van der Waals surface area contributed by atoms with Gasteiger partial charge in [-0.15, -0.1) is 0 Å². The summed E-state index contributed by atoms with van der Waals surface area (Å²) in [5.41, 5.74) is 11.7. The van der Waals surface area contributed by atoms with Gasteiger partial charge in [0.05, 0.1) is 11.4 Å². The molecule has 6 heteroatoms. The molecule has 0 amide bonds. The van der Waals surface area contributed by atoms with Gasteiger partial charge in [-0.25, -0.2) is 10.2 Å². The van der Waals surface area contributed by atoms with Gasteiger partial charge in [0.2, 0.25) is 0 Å². The summed E-state index contributed by atoms with van der Waals surface area (Å²) in [7, 11) is 0. The number of ketones is 1. The number of nitrogens with two attached hydrogens (primary N) is 2. The fourth-order valence-corrected chi connectivity index (χ4v) is 6.07. The molecule has 2 heterocycles. The van der Waals surface area contributed by atoms with Crippen LogP contribution in [0.4, 0.5) is 4.39 Å². The number of allylic oxidation sites excluding steroid dienone is 3. The molecule has 0 radical (unpaired) electrons. The fourth-order valence-electron chi connectivity index (χ4n) is 6.07. The van der Waals surface area contributed by atoms with Gasteiger partial charge in [0, 0.05) is 36.3 Å². The maximum absolute atomic E-state index is 13.4. The first-order chi connectivity index (χ1) is 18.0. The summed E-state index contributed by atoms with van der Waals surface area (Å²) in [5.74, 6) is 6.84. The van der Waals surface area contributed by atoms with E-state index in [1.165, 1.54) is 49.0 Å². The molecule has 4 N–H and O–H groups in total. The Morgan fingerprint density at radius 3 is 2.49 bits per heavy atom. The fraction of sp³-hybridized carbons (Fsp3) is 0.419. The molecular formula is C31H37FN4O. The number of carbonyl (C=O) groups is 1. The van der Waals surface area contributed by atoms with E-state index in [2.05, 4.69) is 17.1 Å². The van der Waals surface area contributed by atoms with Crippen molar-refractivity contribution in [2.45, 2.75) is 70.6 Å². The Labute approximate surface area is 219 Å². The van der Waals surface area contributed by atoms with Gasteiger partial charge in [0.15, 0.2) is 0 Å². The Hall–Kier alpha value is -3.25. The number of fused-ring (bicyclic) bond motifs is 3. The van der Waals surface area contributed by atoms with Crippen molar-refractivity contribution in [1.82, 2.24) is 9.99 Å². The highest BCUT2D eigenvalue weighted by atomic mass is 19.1. The van der Waals surface area contributed by atoms with Gasteiger partial charge in [-0.2, -0.15) is 0 Å². The molecule has 194 valence electrons. The largest absolute Gasteiger partial charge is 0.397 e. The number of Topliss-reactive ketones (excluding diaryl/α,β-unsaturated/α-hetero) is 1. The summed E-state index contributed by atoms with van der Waals surface area (Å²) in [6.07, 6.45) is 17.6. The Kier molecular flexibility index (Phi) is 7.56. The lowest BCUT2D eigenvalue weighted by atomic mass is 9.58. The van der Waals surface area contributed by atoms with E-state index in [0.717, 1.165) is 43.4 Å². The van der Waals surface area contributed by atoms with Crippen molar-refractivity contribution in [3.63, 3.8) is 0 Å². The molecule has 3 fully saturated rings. The maximum Gasteiger partial charge on any atom is 0.133 e. The highest BCUT2D eigenvalue weighted by molar-refractivity contribution is 5.80. The average Bonchev–Trinajstić information content (AvgIpc) is 3.00. The summed E-state index contributed by atoms with van der Waals surface area (Å²) >= 11 is 0. The minimum atomic E-state index is -0.302. The van der Waals surface area contributed by atoms with Gasteiger partial charge in [0.1, 0.15) is 11.6 Å². The number of hydrazine groups is 1. The predicted octanol–water partition coefficient (Wildman–Crippen LogP) is 6.19. The van der Waals surface area contributed by atoms with Gasteiger partial charge in [-0.05, 0) is 97.2 Å². The molecule has 1 aromatic carbocycles. The minimum Gasteiger partial charge on any atom is -0.397 e. The third-order valence-corrected chi connectivity index (χ3v) is 8.50. The second-order valence-electron chi connectivity index (χ2n) is 10.8. The Morgan fingerprint density at radius 2 is 1.81 bits per heavy atom. The lowest BCUT2D eigenvalue weighted by Crippen LogP contribution is -2.42. The van der Waals surface area contributed by atoms with Crippen LogP contribution in [-0.2, 0) is 11.2 Å². The van der Waals surface area contributed by atoms with Gasteiger partial charge in [0.25, 0.3) is 0 Å². The van der Waals surface area contributed by atoms with Gasteiger partial charge in [-0.3, -0.25) is 14.8 Å². The second kappa shape index (κ2) is 11.0. The number of hydrogen-bond acceptors (Lipinski definition) is 5. The molecule has 5 nitrogen and oxygen atoms in total. The van der Waals surface area contributed by atoms with Crippen LogP contribution in [0.25, 0.3) is 5.70 Å². The van der Waals surface area contributed by atoms with E-state index in [0.29, 0.717) is 30.0 Å². The summed E-state index contributed by atoms with van der Waals surface area (Å²) in [5, 5.41) is 1.59. The summed E-state index contributed by atoms with van der Waals surface area (Å²) in [6.45, 7) is 0. The highest BCUT2D eigenvalue weighted by Gasteiger charge is 2.48. The smallest absolute Gasteiger partial charge is 0.133 e. The van der Waals surface area contributed by atoms with Gasteiger partial charge >= 0.3 is 0 Å². The van der Waals surface area contributed by atoms with Crippen LogP contribution in [0.5, 0.6) is 0 Å². The molecule has 2 unspecified atom stereocenters. The number of rotatable bonds is 3. The van der Waals surface area contributed by atoms with Crippen LogP contribution in [0.3, 0.4) is 0 Å². The first-order valence-corrected chi connectivity index (χ1v) is 13.6. The molecule has 4 aliphatic rings. The van der Waals surface area contributed by atoms with E-state index in [9.17, 15) is 9.18 Å². The molecule has 37 heavy (non-hydrogen) atoms. The van der Waals surface area contributed by atoms with Gasteiger partial charge < -0.3 is 5.73 Å². The normalized spacial score (nSPS) is 26.3. The maximum atomic E-state index is 13.4. The van der Waals surface area contributed by atoms with Crippen LogP contribution >= 0.6 is 0 Å².